The van der Waals surface area contributed by atoms with E-state index in [0.717, 1.165) is 205 Å². The Bertz CT molecular complexity index is 1730. The summed E-state index contributed by atoms with van der Waals surface area (Å²) in [7, 11) is 0. The van der Waals surface area contributed by atoms with Crippen LogP contribution in [-0.2, 0) is 38.2 Å². The van der Waals surface area contributed by atoms with Gasteiger partial charge in [-0.25, -0.2) is 20.5 Å². The number of carbonyl (C=O) groups excluding carboxylic acids is 8. The Morgan fingerprint density at radius 2 is 0.698 bits per heavy atom. The number of urea groups is 2. The molecule has 502 valence electrons. The highest BCUT2D eigenvalue weighted by atomic mass is 16.5. The second kappa shape index (κ2) is 59.5. The summed E-state index contributed by atoms with van der Waals surface area (Å²) in [5.74, 6) is -0.307. The number of nitrogens with zero attached hydrogens (tertiary/aromatic N) is 2. The Balaban J connectivity index is 4.33. The second-order valence-electron chi connectivity index (χ2n) is 23.6. The highest BCUT2D eigenvalue weighted by molar-refractivity contribution is 5.96. The van der Waals surface area contributed by atoms with Crippen LogP contribution in [0.25, 0.3) is 0 Å². The molecular formula is C64H124N10O12. The van der Waals surface area contributed by atoms with Crippen molar-refractivity contribution in [3.05, 3.63) is 0 Å². The third-order valence-corrected chi connectivity index (χ3v) is 15.5. The standard InChI is InChI=1S/C64H124N10O12/c1-6-58(39-25-35-51-86-62(80)41-24-10-8-16-33-49-74(60(78)53-66-43-27-18-21-37-55(3)72-84)64(82)70-47-31-14-12-29-45-68-57(5)76)38-22-19-34-50-85-61(79)40-23-9-7-15-32-48-73(59(77)52-65-42-26-17-20-36-54(2)71-83)63(81)69-46-30-13-11-28-44-67-56(4)75/h54-55,58,65-66,71-72,83-84H,6-53H2,1-5H3,(H,67,75)(H,68,76)(H,69,81)(H,70,82). The second-order valence-corrected chi connectivity index (χ2v) is 23.6. The molecule has 0 radical (unpaired) electrons. The summed E-state index contributed by atoms with van der Waals surface area (Å²) in [6, 6.07) is -0.649. The normalized spacial score (nSPS) is 12.2. The van der Waals surface area contributed by atoms with Crippen LogP contribution in [0.15, 0.2) is 0 Å². The lowest BCUT2D eigenvalue weighted by Gasteiger charge is -2.22. The van der Waals surface area contributed by atoms with Crippen LogP contribution >= 0.6 is 0 Å². The van der Waals surface area contributed by atoms with E-state index in [1.165, 1.54) is 23.6 Å². The number of rotatable bonds is 60. The number of nitrogens with one attached hydrogen (secondary N) is 8. The molecule has 0 aromatic heterocycles. The van der Waals surface area contributed by atoms with Gasteiger partial charge in [-0.1, -0.05) is 129 Å². The maximum Gasteiger partial charge on any atom is 0.324 e. The predicted molar refractivity (Wildman–Crippen MR) is 339 cm³/mol. The number of unbranched alkanes of at least 4 members (excludes halogenated alkanes) is 21. The highest BCUT2D eigenvalue weighted by Crippen LogP contribution is 2.20. The van der Waals surface area contributed by atoms with Gasteiger partial charge in [0, 0.05) is 78.0 Å². The van der Waals surface area contributed by atoms with E-state index in [1.807, 2.05) is 13.8 Å². The quantitative estimate of drug-likeness (QED) is 0.0154. The van der Waals surface area contributed by atoms with Crippen LogP contribution < -0.4 is 42.9 Å². The SMILES string of the molecule is CCC(CCCCCOC(=O)CCCCCCCN(C(=O)CNCCCCCC(C)NO)C(=O)NCCCCCCNC(C)=O)CCCCOC(=O)CCCCCCCN(C(=O)CNCCCCCC(C)NO)C(=O)NCCCCCCNC(C)=O. The molecule has 0 heterocycles. The topological polar surface area (TPSA) is 298 Å². The van der Waals surface area contributed by atoms with E-state index >= 15 is 0 Å². The van der Waals surface area contributed by atoms with Gasteiger partial charge in [-0.2, -0.15) is 0 Å². The smallest absolute Gasteiger partial charge is 0.324 e. The lowest BCUT2D eigenvalue weighted by Crippen LogP contribution is -2.47. The molecule has 0 aliphatic carbocycles. The molecule has 0 fully saturated rings. The van der Waals surface area contributed by atoms with Crippen LogP contribution in [0, 0.1) is 5.92 Å². The predicted octanol–water partition coefficient (Wildman–Crippen LogP) is 10.0. The first-order valence-electron chi connectivity index (χ1n) is 33.8. The minimum Gasteiger partial charge on any atom is -0.466 e. The van der Waals surface area contributed by atoms with Gasteiger partial charge in [0.1, 0.15) is 0 Å². The zero-order valence-electron chi connectivity index (χ0n) is 54.5. The molecule has 0 aliphatic heterocycles. The Morgan fingerprint density at radius 1 is 0.384 bits per heavy atom. The van der Waals surface area contributed by atoms with E-state index in [4.69, 9.17) is 19.9 Å². The number of amides is 8. The molecule has 8 amide bonds. The lowest BCUT2D eigenvalue weighted by atomic mass is 9.93. The van der Waals surface area contributed by atoms with Gasteiger partial charge in [0.2, 0.25) is 23.6 Å². The molecule has 10 N–H and O–H groups in total. The van der Waals surface area contributed by atoms with Crippen LogP contribution in [-0.4, -0.2) is 159 Å². The number of imide groups is 2. The zero-order chi connectivity index (χ0) is 63.5. The van der Waals surface area contributed by atoms with Gasteiger partial charge < -0.3 is 51.8 Å². The molecule has 3 unspecified atom stereocenters. The van der Waals surface area contributed by atoms with E-state index in [-0.39, 0.29) is 72.8 Å². The van der Waals surface area contributed by atoms with Crippen LogP contribution in [0.5, 0.6) is 0 Å². The largest absolute Gasteiger partial charge is 0.466 e. The molecule has 3 atom stereocenters. The summed E-state index contributed by atoms with van der Waals surface area (Å²) in [6.07, 6.45) is 31.4. The van der Waals surface area contributed by atoms with Crippen molar-refractivity contribution in [2.45, 2.75) is 278 Å². The number of hydrogen-bond donors (Lipinski definition) is 10. The number of hydrogen-bond acceptors (Lipinski definition) is 16. The van der Waals surface area contributed by atoms with Crippen LogP contribution in [0.4, 0.5) is 9.59 Å². The van der Waals surface area contributed by atoms with E-state index in [2.05, 4.69) is 49.8 Å². The van der Waals surface area contributed by atoms with E-state index in [9.17, 15) is 38.4 Å². The molecule has 0 aliphatic rings. The Labute approximate surface area is 519 Å². The fourth-order valence-electron chi connectivity index (χ4n) is 9.92. The Morgan fingerprint density at radius 3 is 1.09 bits per heavy atom. The molecule has 0 spiro atoms. The third-order valence-electron chi connectivity index (χ3n) is 15.5. The Kier molecular flexibility index (Phi) is 56.4. The summed E-state index contributed by atoms with van der Waals surface area (Å²) in [6.45, 7) is 14.3. The maximum absolute atomic E-state index is 13.2. The molecule has 22 heteroatoms. The number of carbonyl (C=O) groups is 8. The minimum absolute atomic E-state index is 0.0382. The van der Waals surface area contributed by atoms with Crippen molar-refractivity contribution >= 4 is 47.6 Å². The van der Waals surface area contributed by atoms with Gasteiger partial charge in [-0.15, -0.1) is 0 Å². The van der Waals surface area contributed by atoms with Crippen molar-refractivity contribution in [2.75, 3.05) is 78.7 Å². The monoisotopic (exact) mass is 1220 g/mol. The average molecular weight is 1230 g/mol. The minimum atomic E-state index is -0.374. The highest BCUT2D eigenvalue weighted by Gasteiger charge is 2.22. The van der Waals surface area contributed by atoms with Crippen LogP contribution in [0.2, 0.25) is 0 Å². The molecule has 0 rings (SSSR count). The molecule has 0 bridgehead atoms. The van der Waals surface area contributed by atoms with Crippen LogP contribution in [0.3, 0.4) is 0 Å². The van der Waals surface area contributed by atoms with Crippen molar-refractivity contribution < 1.29 is 58.2 Å². The summed E-state index contributed by atoms with van der Waals surface area (Å²) in [5, 5.41) is 35.8. The summed E-state index contributed by atoms with van der Waals surface area (Å²) in [5.41, 5.74) is 4.52. The van der Waals surface area contributed by atoms with E-state index in [1.54, 1.807) is 0 Å². The maximum atomic E-state index is 13.2. The third kappa shape index (κ3) is 52.6. The van der Waals surface area contributed by atoms with Gasteiger partial charge >= 0.3 is 24.0 Å². The summed E-state index contributed by atoms with van der Waals surface area (Å²) in [4.78, 5) is 102. The van der Waals surface area contributed by atoms with Crippen molar-refractivity contribution in [2.24, 2.45) is 5.92 Å². The van der Waals surface area contributed by atoms with Crippen molar-refractivity contribution in [3.63, 3.8) is 0 Å². The molecule has 22 nitrogen and oxygen atoms in total. The molecular weight excluding hydrogens is 1100 g/mol. The first-order chi connectivity index (χ1) is 41.6. The van der Waals surface area contributed by atoms with E-state index < -0.39 is 0 Å². The molecule has 0 saturated heterocycles. The fourth-order valence-corrected chi connectivity index (χ4v) is 9.92. The molecule has 86 heavy (non-hydrogen) atoms. The molecule has 0 saturated carbocycles. The van der Waals surface area contributed by atoms with Crippen molar-refractivity contribution in [1.29, 1.82) is 0 Å². The first-order valence-corrected chi connectivity index (χ1v) is 33.8. The fraction of sp³-hybridized carbons (Fsp3) is 0.875. The average Bonchev–Trinajstić information content (AvgIpc) is 3.67. The first kappa shape index (κ1) is 81.5. The number of hydroxylamine groups is 2. The van der Waals surface area contributed by atoms with Gasteiger partial charge in [-0.05, 0) is 129 Å². The van der Waals surface area contributed by atoms with E-state index in [0.29, 0.717) is 97.2 Å². The van der Waals surface area contributed by atoms with Crippen molar-refractivity contribution in [3.8, 4) is 0 Å². The molecule has 0 aromatic rings. The van der Waals surface area contributed by atoms with Gasteiger partial charge in [0.15, 0.2) is 0 Å². The Hall–Kier alpha value is -4.48. The lowest BCUT2D eigenvalue weighted by molar-refractivity contribution is -0.144. The zero-order valence-corrected chi connectivity index (χ0v) is 54.5. The summed E-state index contributed by atoms with van der Waals surface area (Å²) >= 11 is 0. The van der Waals surface area contributed by atoms with Crippen molar-refractivity contribution in [1.82, 2.24) is 52.7 Å². The van der Waals surface area contributed by atoms with Gasteiger partial charge in [0.05, 0.1) is 26.3 Å². The number of esters is 2. The van der Waals surface area contributed by atoms with Gasteiger partial charge in [0.25, 0.3) is 0 Å². The van der Waals surface area contributed by atoms with Gasteiger partial charge in [-0.3, -0.25) is 38.6 Å². The van der Waals surface area contributed by atoms with Crippen LogP contribution in [0.1, 0.15) is 266 Å². The number of ether oxygens (including phenoxy) is 2. The summed E-state index contributed by atoms with van der Waals surface area (Å²) < 4.78 is 11.1. The molecule has 0 aromatic carbocycles.